The molecule has 1 atom stereocenters. The monoisotopic (exact) mass is 368 g/mol. The predicted molar refractivity (Wildman–Crippen MR) is 102 cm³/mol. The number of halogens is 1. The van der Waals surface area contributed by atoms with E-state index < -0.39 is 0 Å². The maximum absolute atomic E-state index is 12.8. The number of amides is 1. The molecule has 26 heavy (non-hydrogen) atoms. The summed E-state index contributed by atoms with van der Waals surface area (Å²) in [7, 11) is 0. The van der Waals surface area contributed by atoms with Gasteiger partial charge in [-0.2, -0.15) is 5.10 Å². The van der Waals surface area contributed by atoms with Gasteiger partial charge in [-0.05, 0) is 56.4 Å². The van der Waals surface area contributed by atoms with Crippen LogP contribution in [-0.4, -0.2) is 20.7 Å². The molecule has 6 heteroatoms. The number of nitrogens with zero attached hydrogens (tertiary/aromatic N) is 3. The number of fused-ring (bicyclic) bond motifs is 1. The first kappa shape index (κ1) is 17.0. The summed E-state index contributed by atoms with van der Waals surface area (Å²) in [4.78, 5) is 17.3. The molecule has 134 valence electrons. The van der Waals surface area contributed by atoms with E-state index in [1.54, 1.807) is 12.4 Å². The number of nitrogens with one attached hydrogen (secondary N) is 1. The Balaban J connectivity index is 1.58. The molecule has 0 aliphatic heterocycles. The predicted octanol–water partition coefficient (Wildman–Crippen LogP) is 4.55. The quantitative estimate of drug-likeness (QED) is 0.718. The molecule has 1 fully saturated rings. The molecule has 0 bridgehead atoms. The molecule has 5 nitrogen and oxygen atoms in total. The van der Waals surface area contributed by atoms with E-state index in [0.717, 1.165) is 29.4 Å². The van der Waals surface area contributed by atoms with E-state index in [0.29, 0.717) is 16.5 Å². The van der Waals surface area contributed by atoms with Crippen LogP contribution in [-0.2, 0) is 0 Å². The van der Waals surface area contributed by atoms with Gasteiger partial charge in [0, 0.05) is 22.6 Å². The van der Waals surface area contributed by atoms with Crippen molar-refractivity contribution in [3.63, 3.8) is 0 Å². The Bertz CT molecular complexity index is 944. The maximum atomic E-state index is 12.8. The highest BCUT2D eigenvalue weighted by atomic mass is 35.5. The maximum Gasteiger partial charge on any atom is 0.253 e. The van der Waals surface area contributed by atoms with Gasteiger partial charge in [-0.1, -0.05) is 23.7 Å². The van der Waals surface area contributed by atoms with Crippen molar-refractivity contribution in [2.24, 2.45) is 5.92 Å². The largest absolute Gasteiger partial charge is 0.345 e. The van der Waals surface area contributed by atoms with Crippen LogP contribution in [0.5, 0.6) is 0 Å². The first-order valence-corrected chi connectivity index (χ1v) is 9.30. The average molecular weight is 369 g/mol. The fourth-order valence-corrected chi connectivity index (χ4v) is 3.37. The van der Waals surface area contributed by atoms with Crippen LogP contribution in [0.4, 0.5) is 0 Å². The Kier molecular flexibility index (Phi) is 4.41. The summed E-state index contributed by atoms with van der Waals surface area (Å²) in [5.41, 5.74) is 2.44. The molecule has 1 aliphatic rings. The van der Waals surface area contributed by atoms with E-state index in [1.807, 2.05) is 35.0 Å². The zero-order chi connectivity index (χ0) is 18.3. The molecular formula is C20H21ClN4O. The summed E-state index contributed by atoms with van der Waals surface area (Å²) in [5.74, 6) is 0.379. The van der Waals surface area contributed by atoms with Crippen LogP contribution in [0.25, 0.3) is 11.0 Å². The van der Waals surface area contributed by atoms with Crippen LogP contribution in [0.15, 0.2) is 42.7 Å². The third-order valence-corrected chi connectivity index (χ3v) is 5.05. The number of rotatable bonds is 5. The minimum absolute atomic E-state index is 0.00820. The zero-order valence-electron chi connectivity index (χ0n) is 14.8. The summed E-state index contributed by atoms with van der Waals surface area (Å²) < 4.78 is 1.86. The number of carbonyl (C=O) groups is 1. The lowest BCUT2D eigenvalue weighted by atomic mass is 10.0. The van der Waals surface area contributed by atoms with Crippen molar-refractivity contribution in [2.75, 3.05) is 0 Å². The van der Waals surface area contributed by atoms with Gasteiger partial charge in [0.2, 0.25) is 0 Å². The molecule has 2 heterocycles. The lowest BCUT2D eigenvalue weighted by Gasteiger charge is -2.19. The summed E-state index contributed by atoms with van der Waals surface area (Å²) in [6.45, 7) is 4.11. The van der Waals surface area contributed by atoms with E-state index in [2.05, 4.69) is 29.2 Å². The van der Waals surface area contributed by atoms with Gasteiger partial charge in [0.25, 0.3) is 5.91 Å². The minimum atomic E-state index is -0.108. The third-order valence-electron chi connectivity index (χ3n) is 4.79. The van der Waals surface area contributed by atoms with Crippen molar-refractivity contribution in [3.05, 3.63) is 58.9 Å². The molecule has 1 N–H and O–H groups in total. The Morgan fingerprint density at radius 1 is 1.23 bits per heavy atom. The molecule has 1 aromatic carbocycles. The highest BCUT2D eigenvalue weighted by molar-refractivity contribution is 6.30. The lowest BCUT2D eigenvalue weighted by Crippen LogP contribution is -2.30. The topological polar surface area (TPSA) is 59.8 Å². The smallest absolute Gasteiger partial charge is 0.253 e. The van der Waals surface area contributed by atoms with Gasteiger partial charge >= 0.3 is 0 Å². The van der Waals surface area contributed by atoms with Crippen LogP contribution in [0.3, 0.4) is 0 Å². The van der Waals surface area contributed by atoms with Crippen molar-refractivity contribution < 1.29 is 4.79 Å². The normalized spacial score (nSPS) is 15.4. The fraction of sp³-hybridized carbons (Fsp3) is 0.350. The first-order valence-electron chi connectivity index (χ1n) is 8.92. The molecule has 2 aromatic heterocycles. The summed E-state index contributed by atoms with van der Waals surface area (Å²) >= 11 is 5.99. The van der Waals surface area contributed by atoms with Gasteiger partial charge in [0.1, 0.15) is 0 Å². The number of benzene rings is 1. The Morgan fingerprint density at radius 2 is 1.96 bits per heavy atom. The molecule has 1 amide bonds. The van der Waals surface area contributed by atoms with Gasteiger partial charge in [0.05, 0.1) is 17.8 Å². The Morgan fingerprint density at radius 3 is 2.62 bits per heavy atom. The molecule has 0 spiro atoms. The number of pyridine rings is 1. The summed E-state index contributed by atoms with van der Waals surface area (Å²) in [5, 5.41) is 9.11. The molecule has 0 radical (unpaired) electrons. The van der Waals surface area contributed by atoms with Gasteiger partial charge in [-0.15, -0.1) is 0 Å². The summed E-state index contributed by atoms with van der Waals surface area (Å²) in [6.07, 6.45) is 5.65. The van der Waals surface area contributed by atoms with Crippen molar-refractivity contribution in [3.8, 4) is 0 Å². The van der Waals surface area contributed by atoms with Crippen molar-refractivity contribution in [1.29, 1.82) is 0 Å². The van der Waals surface area contributed by atoms with Crippen molar-refractivity contribution in [2.45, 2.75) is 38.8 Å². The fourth-order valence-electron chi connectivity index (χ4n) is 3.24. The van der Waals surface area contributed by atoms with E-state index in [1.165, 1.54) is 0 Å². The van der Waals surface area contributed by atoms with Crippen LogP contribution in [0.1, 0.15) is 54.7 Å². The van der Waals surface area contributed by atoms with E-state index in [-0.39, 0.29) is 18.0 Å². The minimum Gasteiger partial charge on any atom is -0.345 e. The van der Waals surface area contributed by atoms with Crippen LogP contribution >= 0.6 is 11.6 Å². The third kappa shape index (κ3) is 3.31. The highest BCUT2D eigenvalue weighted by Gasteiger charge is 2.33. The van der Waals surface area contributed by atoms with Gasteiger partial charge < -0.3 is 5.32 Å². The molecule has 4 rings (SSSR count). The molecular weight excluding hydrogens is 348 g/mol. The summed E-state index contributed by atoms with van der Waals surface area (Å²) in [6, 6.07) is 9.80. The number of carbonyl (C=O) groups excluding carboxylic acids is 1. The Hall–Kier alpha value is -2.40. The standard InChI is InChI=1S/C20H21ClN4O/c1-12(2)25-19-15(11-23-25)9-16(10-22-19)20(26)24-18(13-3-4-13)14-5-7-17(21)8-6-14/h5-13,18H,3-4H2,1-2H3,(H,24,26)/t18-/m1/s1. The Labute approximate surface area is 157 Å². The number of aromatic nitrogens is 3. The van der Waals surface area contributed by atoms with Crippen molar-refractivity contribution >= 4 is 28.5 Å². The second kappa shape index (κ2) is 6.72. The number of hydrogen-bond acceptors (Lipinski definition) is 3. The second-order valence-corrected chi connectivity index (χ2v) is 7.60. The van der Waals surface area contributed by atoms with Gasteiger partial charge in [-0.25, -0.2) is 9.67 Å². The molecule has 0 saturated heterocycles. The van der Waals surface area contributed by atoms with E-state index in [4.69, 9.17) is 11.6 Å². The molecule has 0 unspecified atom stereocenters. The number of hydrogen-bond donors (Lipinski definition) is 1. The van der Waals surface area contributed by atoms with Crippen LogP contribution < -0.4 is 5.32 Å². The van der Waals surface area contributed by atoms with Gasteiger partial charge in [0.15, 0.2) is 5.65 Å². The van der Waals surface area contributed by atoms with E-state index in [9.17, 15) is 4.79 Å². The lowest BCUT2D eigenvalue weighted by molar-refractivity contribution is 0.0931. The average Bonchev–Trinajstić information content (AvgIpc) is 3.38. The van der Waals surface area contributed by atoms with Gasteiger partial charge in [-0.3, -0.25) is 4.79 Å². The molecule has 3 aromatic rings. The molecule has 1 aliphatic carbocycles. The molecule has 1 saturated carbocycles. The zero-order valence-corrected chi connectivity index (χ0v) is 15.6. The van der Waals surface area contributed by atoms with Crippen molar-refractivity contribution in [1.82, 2.24) is 20.1 Å². The SMILES string of the molecule is CC(C)n1ncc2cc(C(=O)N[C@@H](c3ccc(Cl)cc3)C3CC3)cnc21. The van der Waals surface area contributed by atoms with Crippen LogP contribution in [0, 0.1) is 5.92 Å². The van der Waals surface area contributed by atoms with Crippen LogP contribution in [0.2, 0.25) is 5.02 Å². The second-order valence-electron chi connectivity index (χ2n) is 7.16. The van der Waals surface area contributed by atoms with E-state index >= 15 is 0 Å². The first-order chi connectivity index (χ1) is 12.5. The highest BCUT2D eigenvalue weighted by Crippen LogP contribution is 2.41.